The molecule has 7 aliphatic heterocycles. The SMILES string of the molecule is C#CCC(=O)N1CCC(C)C(C2=CB(O)Oc3cnc4[nH]ccc4c32)C1.CC1CCNCC1C1=CB(O)Oc2cnc3c(c21)C=CC3.CNS(=O)(=O)CC1CCC(C2=CB(O)Oc3cnc4c(c32)C=CC4)CC1.O=S(=O)(NC1CC(C2=CB(O)Oc3cnc4c(c32)C=CC4)C1)c1ccc(F)cc1.O=S(=O)(NC1CC(C2=CB(O)Oc3cnc4c(c32)C=CC4)C1)c1ccc(F)cc1. The smallest absolute Gasteiger partial charge is 0.531 e. The number of piperidine rings is 2. The molecule has 4 atom stereocenters. The third-order valence-electron chi connectivity index (χ3n) is 27.2. The van der Waals surface area contributed by atoms with E-state index in [0.29, 0.717) is 91.2 Å². The Labute approximate surface area is 761 Å². The highest BCUT2D eigenvalue weighted by atomic mass is 32.2. The molecule has 6 aromatic heterocycles. The van der Waals surface area contributed by atoms with Crippen LogP contribution in [0.3, 0.4) is 0 Å². The van der Waals surface area contributed by atoms with Crippen LogP contribution in [0.5, 0.6) is 28.7 Å². The zero-order chi connectivity index (χ0) is 91.3. The Kier molecular flexibility index (Phi) is 26.3. The van der Waals surface area contributed by atoms with Crippen LogP contribution in [0.25, 0.3) is 63.2 Å². The second-order valence-corrected chi connectivity index (χ2v) is 40.9. The molecule has 3 saturated carbocycles. The fraction of sp³-hybridized carbons (Fsp3) is 0.355. The normalized spacial score (nSPS) is 23.6. The molecule has 0 spiro atoms. The van der Waals surface area contributed by atoms with Crippen LogP contribution in [-0.4, -0.2) is 178 Å². The van der Waals surface area contributed by atoms with E-state index in [0.717, 1.165) is 202 Å². The molecular weight excluding hydrogens is 1730 g/mol. The van der Waals surface area contributed by atoms with Gasteiger partial charge in [0.15, 0.2) is 0 Å². The van der Waals surface area contributed by atoms with E-state index in [9.17, 15) is 63.9 Å². The number of amides is 1. The van der Waals surface area contributed by atoms with Crippen LogP contribution in [0.4, 0.5) is 8.78 Å². The maximum Gasteiger partial charge on any atom is 0.552 e. The summed E-state index contributed by atoms with van der Waals surface area (Å²) < 4.78 is 135. The summed E-state index contributed by atoms with van der Waals surface area (Å²) in [5, 5.41) is 54.9. The van der Waals surface area contributed by atoms with Crippen molar-refractivity contribution in [1.82, 2.24) is 54.3 Å². The molecule has 4 unspecified atom stereocenters. The number of terminal acetylenes is 1. The molecule has 38 heteroatoms. The van der Waals surface area contributed by atoms with Gasteiger partial charge in [0.05, 0.1) is 75.7 Å². The van der Waals surface area contributed by atoms with E-state index < -0.39 is 77.3 Å². The number of aromatic nitrogens is 6. The minimum Gasteiger partial charge on any atom is -0.531 e. The first kappa shape index (κ1) is 90.6. The van der Waals surface area contributed by atoms with Gasteiger partial charge in [-0.3, -0.25) is 24.7 Å². The number of allylic oxidation sites excluding steroid dienone is 7. The van der Waals surface area contributed by atoms with Crippen LogP contribution in [0.15, 0.2) is 156 Å². The van der Waals surface area contributed by atoms with Crippen molar-refractivity contribution in [2.45, 2.75) is 132 Å². The first-order valence-electron chi connectivity index (χ1n) is 44.5. The van der Waals surface area contributed by atoms with Gasteiger partial charge >= 0.3 is 35.6 Å². The molecule has 2 saturated heterocycles. The molecule has 1 amide bonds. The Morgan fingerprint density at radius 2 is 0.901 bits per heavy atom. The van der Waals surface area contributed by atoms with E-state index >= 15 is 0 Å². The van der Waals surface area contributed by atoms with Crippen LogP contribution in [0, 0.1) is 71.3 Å². The number of carbonyl (C=O) groups is 1. The lowest BCUT2D eigenvalue weighted by atomic mass is 9.68. The third-order valence-corrected chi connectivity index (χ3v) is 31.8. The lowest BCUT2D eigenvalue weighted by Crippen LogP contribution is -2.45. The topological polar surface area (TPSA) is 398 Å². The summed E-state index contributed by atoms with van der Waals surface area (Å²) in [5.41, 5.74) is 19.5. The number of likely N-dealkylation sites (tertiary alicyclic amines) is 1. The number of benzene rings is 2. The summed E-state index contributed by atoms with van der Waals surface area (Å²) >= 11 is 0. The summed E-state index contributed by atoms with van der Waals surface area (Å²) in [5.74, 6) is 15.7. The van der Waals surface area contributed by atoms with Crippen LogP contribution < -0.4 is 42.8 Å². The maximum atomic E-state index is 13.1. The average molecular weight is 1830 g/mol. The van der Waals surface area contributed by atoms with Crippen molar-refractivity contribution in [3.05, 3.63) is 230 Å². The molecule has 28 nitrogen and oxygen atoms in total. The second kappa shape index (κ2) is 38.0. The van der Waals surface area contributed by atoms with Crippen molar-refractivity contribution in [1.29, 1.82) is 0 Å². The molecule has 22 rings (SSSR count). The van der Waals surface area contributed by atoms with E-state index in [4.69, 9.17) is 29.7 Å². The van der Waals surface area contributed by atoms with Crippen molar-refractivity contribution in [3.8, 4) is 41.1 Å². The molecule has 131 heavy (non-hydrogen) atoms. The summed E-state index contributed by atoms with van der Waals surface area (Å²) in [6.45, 7) is 7.82. The maximum absolute atomic E-state index is 13.1. The van der Waals surface area contributed by atoms with Crippen molar-refractivity contribution in [3.63, 3.8) is 0 Å². The molecule has 7 aliphatic carbocycles. The Morgan fingerprint density at radius 3 is 1.32 bits per heavy atom. The molecular formula is C93H98B5F2N11O17S3. The Balaban J connectivity index is 0.000000110. The van der Waals surface area contributed by atoms with Gasteiger partial charge in [0.25, 0.3) is 0 Å². The highest BCUT2D eigenvalue weighted by molar-refractivity contribution is 7.90. The number of pyridine rings is 5. The van der Waals surface area contributed by atoms with Gasteiger partial charge in [0.1, 0.15) is 46.0 Å². The highest BCUT2D eigenvalue weighted by Crippen LogP contribution is 2.52. The van der Waals surface area contributed by atoms with E-state index in [1.807, 2.05) is 53.4 Å². The monoisotopic (exact) mass is 1830 g/mol. The van der Waals surface area contributed by atoms with E-state index in [1.54, 1.807) is 48.9 Å². The first-order valence-corrected chi connectivity index (χ1v) is 49.1. The quantitative estimate of drug-likeness (QED) is 0.0337. The summed E-state index contributed by atoms with van der Waals surface area (Å²) in [6, 6.07) is 11.1. The molecule has 0 radical (unpaired) electrons. The Bertz CT molecular complexity index is 6330. The number of hydrogen-bond donors (Lipinski definition) is 10. The Morgan fingerprint density at radius 1 is 0.511 bits per heavy atom. The van der Waals surface area contributed by atoms with Gasteiger partial charge in [0, 0.05) is 125 Å². The number of fused-ring (bicyclic) bond motifs is 15. The van der Waals surface area contributed by atoms with Crippen LogP contribution >= 0.6 is 0 Å². The van der Waals surface area contributed by atoms with Crippen LogP contribution in [0.2, 0.25) is 0 Å². The Hall–Kier alpha value is -10.9. The number of H-pyrrole nitrogens is 1. The number of hydrogen-bond acceptors (Lipinski definition) is 23. The lowest BCUT2D eigenvalue weighted by molar-refractivity contribution is -0.132. The van der Waals surface area contributed by atoms with Crippen LogP contribution in [0.1, 0.15) is 157 Å². The van der Waals surface area contributed by atoms with Crippen molar-refractivity contribution < 1.29 is 87.2 Å². The number of sulfonamides is 3. The van der Waals surface area contributed by atoms with E-state index in [1.165, 1.54) is 42.4 Å². The minimum absolute atomic E-state index is 0.0145. The van der Waals surface area contributed by atoms with Crippen LogP contribution in [-0.2, 0) is 60.5 Å². The van der Waals surface area contributed by atoms with Crippen molar-refractivity contribution in [2.75, 3.05) is 39.0 Å². The molecule has 10 N–H and O–H groups in total. The van der Waals surface area contributed by atoms with Gasteiger partial charge in [-0.2, -0.15) is 0 Å². The lowest BCUT2D eigenvalue weighted by Gasteiger charge is -2.39. The highest BCUT2D eigenvalue weighted by Gasteiger charge is 2.45. The average Bonchev–Trinajstić information content (AvgIpc) is 1.71. The van der Waals surface area contributed by atoms with E-state index in [-0.39, 0.29) is 63.6 Å². The molecule has 0 bridgehead atoms. The fourth-order valence-corrected chi connectivity index (χ4v) is 24.0. The summed E-state index contributed by atoms with van der Waals surface area (Å²) in [7, 11) is -14.0. The number of aromatic amines is 1. The largest absolute Gasteiger partial charge is 0.552 e. The standard InChI is InChI=1S/2C20H18BFN2O4S.C19H20BN3O3.C18H23BN2O4S.C16H19BN2O2/c2*22-13-4-6-15(7-5-13)29(26,27)24-14-8-12(9-14)17-10-21(25)28-19-11-23-18-3-1-2-16(18)20(17)19;1-3-4-17(24)23-8-6-12(2)15(11-23)14-9-20(25)26-16-10-22-19-13(18(14)16)5-7-21-19;1-20-26(23,24)11-12-5-7-13(8-6-12)15-9-19(22)25-17-10-21-16-4-2-3-14(16)18(15)17;1-10-5-6-18-8-13(10)12-7-17(20)21-15-9-19-14-4-2-3-11(14)16(12)15/h2*1-2,4-7,10-12,14,24-25H,3,8-9H2;1,5,7,9-10,12,15,25H,4,6,8,11H2,2H3,(H,21,22);2-3,9-10,12-13,20,22H,4-8,11H2,1H3;2-3,7,9-10,13,18,20H,4-6,8H2,1H3. The molecule has 674 valence electrons. The number of rotatable bonds is 15. The zero-order valence-corrected chi connectivity index (χ0v) is 74.8. The second-order valence-electron chi connectivity index (χ2n) is 35.5. The van der Waals surface area contributed by atoms with Gasteiger partial charge in [0.2, 0.25) is 36.0 Å². The third kappa shape index (κ3) is 19.3. The van der Waals surface area contributed by atoms with Crippen molar-refractivity contribution in [2.24, 2.45) is 47.3 Å². The molecule has 2 aromatic carbocycles. The first-order chi connectivity index (χ1) is 63.1. The molecule has 8 aromatic rings. The zero-order valence-electron chi connectivity index (χ0n) is 72.3. The summed E-state index contributed by atoms with van der Waals surface area (Å²) in [4.78, 5) is 39.4. The molecule has 5 fully saturated rings. The number of halogens is 2. The molecule has 14 aliphatic rings. The predicted octanol–water partition coefficient (Wildman–Crippen LogP) is 10.0. The summed E-state index contributed by atoms with van der Waals surface area (Å²) in [6.07, 6.45) is 43.6. The van der Waals surface area contributed by atoms with Gasteiger partial charge in [-0.25, -0.2) is 53.2 Å². The van der Waals surface area contributed by atoms with E-state index in [2.05, 4.69) is 93.5 Å². The number of nitrogens with one attached hydrogen (secondary N) is 5. The number of carbonyl (C=O) groups excluding carboxylic acids is 1. The predicted molar refractivity (Wildman–Crippen MR) is 499 cm³/mol. The van der Waals surface area contributed by atoms with Gasteiger partial charge in [-0.1, -0.05) is 68.4 Å². The minimum atomic E-state index is -3.70. The molecule has 13 heterocycles. The van der Waals surface area contributed by atoms with Gasteiger partial charge in [-0.05, 0) is 232 Å². The van der Waals surface area contributed by atoms with Crippen molar-refractivity contribution >= 4 is 135 Å². The van der Waals surface area contributed by atoms with Gasteiger partial charge < -0.3 is 63.6 Å². The number of nitrogens with zero attached hydrogens (tertiary/aromatic N) is 6. The fourth-order valence-electron chi connectivity index (χ4n) is 20.4. The van der Waals surface area contributed by atoms with Gasteiger partial charge in [-0.15, -0.1) is 6.42 Å².